The van der Waals surface area contributed by atoms with Crippen LogP contribution in [0.15, 0.2) is 18.2 Å². The number of nitrogens with zero attached hydrogens (tertiary/aromatic N) is 3. The largest absolute Gasteiger partial charge is 0.342 e. The van der Waals surface area contributed by atoms with Crippen LogP contribution in [0.3, 0.4) is 0 Å². The van der Waals surface area contributed by atoms with Crippen LogP contribution in [0, 0.1) is 5.92 Å². The minimum Gasteiger partial charge on any atom is -0.342 e. The second-order valence-corrected chi connectivity index (χ2v) is 7.78. The molecule has 2 aromatic rings. The van der Waals surface area contributed by atoms with E-state index >= 15 is 0 Å². The van der Waals surface area contributed by atoms with E-state index in [0.29, 0.717) is 31.8 Å². The number of hydrogen-bond donors (Lipinski definition) is 1. The highest BCUT2D eigenvalue weighted by Crippen LogP contribution is 2.16. The smallest absolute Gasteiger partial charge is 0.227 e. The highest BCUT2D eigenvalue weighted by atomic mass is 16.2. The Morgan fingerprint density at radius 1 is 1.11 bits per heavy atom. The first kappa shape index (κ1) is 19.4. The number of H-pyrrole nitrogens is 1. The summed E-state index contributed by atoms with van der Waals surface area (Å²) in [4.78, 5) is 36.7. The van der Waals surface area contributed by atoms with Crippen LogP contribution in [0.5, 0.6) is 0 Å². The molecule has 2 amide bonds. The number of carbonyl (C=O) groups is 2. The van der Waals surface area contributed by atoms with Gasteiger partial charge in [-0.1, -0.05) is 26.8 Å². The Balaban J connectivity index is 1.60. The molecule has 1 N–H and O–H groups in total. The summed E-state index contributed by atoms with van der Waals surface area (Å²) in [6.45, 7) is 8.91. The third kappa shape index (κ3) is 4.87. The van der Waals surface area contributed by atoms with Crippen molar-refractivity contribution >= 4 is 22.8 Å². The summed E-state index contributed by atoms with van der Waals surface area (Å²) < 4.78 is 0. The van der Waals surface area contributed by atoms with Gasteiger partial charge in [-0.3, -0.25) is 9.59 Å². The summed E-state index contributed by atoms with van der Waals surface area (Å²) in [5, 5.41) is 0. The van der Waals surface area contributed by atoms with Gasteiger partial charge >= 0.3 is 0 Å². The number of nitrogens with one attached hydrogen (secondary N) is 1. The molecule has 0 atom stereocenters. The first-order chi connectivity index (χ1) is 13.0. The molecule has 0 saturated carbocycles. The monoisotopic (exact) mass is 370 g/mol. The quantitative estimate of drug-likeness (QED) is 0.880. The minimum absolute atomic E-state index is 0.128. The maximum absolute atomic E-state index is 12.8. The van der Waals surface area contributed by atoms with Crippen LogP contribution in [0.2, 0.25) is 0 Å². The Morgan fingerprint density at radius 2 is 1.81 bits per heavy atom. The van der Waals surface area contributed by atoms with Gasteiger partial charge in [-0.25, -0.2) is 4.98 Å². The standard InChI is InChI=1S/C21H30N4O2/c1-4-19-22-17-7-6-16(13-18(17)23-19)14-21(27)25-9-5-8-24(10-11-25)20(26)12-15(2)3/h6-7,13,15H,4-5,8-12,14H2,1-3H3,(H,22,23). The molecule has 3 rings (SSSR count). The predicted octanol–water partition coefficient (Wildman–Crippen LogP) is 2.77. The summed E-state index contributed by atoms with van der Waals surface area (Å²) in [5.41, 5.74) is 2.92. The Bertz CT molecular complexity index is 812. The van der Waals surface area contributed by atoms with E-state index in [9.17, 15) is 9.59 Å². The van der Waals surface area contributed by atoms with Crippen LogP contribution in [0.25, 0.3) is 11.0 Å². The van der Waals surface area contributed by atoms with Crippen LogP contribution in [-0.4, -0.2) is 57.8 Å². The number of rotatable bonds is 5. The fourth-order valence-corrected chi connectivity index (χ4v) is 3.57. The molecule has 0 spiro atoms. The highest BCUT2D eigenvalue weighted by molar-refractivity contribution is 5.82. The Hall–Kier alpha value is -2.37. The molecule has 6 nitrogen and oxygen atoms in total. The average molecular weight is 370 g/mol. The molecule has 1 aromatic heterocycles. The second-order valence-electron chi connectivity index (χ2n) is 7.78. The van der Waals surface area contributed by atoms with E-state index in [1.54, 1.807) is 0 Å². The zero-order valence-corrected chi connectivity index (χ0v) is 16.6. The zero-order chi connectivity index (χ0) is 19.4. The summed E-state index contributed by atoms with van der Waals surface area (Å²) in [7, 11) is 0. The van der Waals surface area contributed by atoms with E-state index in [2.05, 4.69) is 30.7 Å². The van der Waals surface area contributed by atoms with Gasteiger partial charge in [0.05, 0.1) is 17.5 Å². The number of hydrogen-bond acceptors (Lipinski definition) is 3. The number of amides is 2. The topological polar surface area (TPSA) is 69.3 Å². The van der Waals surface area contributed by atoms with Gasteiger partial charge in [0.15, 0.2) is 0 Å². The van der Waals surface area contributed by atoms with Crippen molar-refractivity contribution in [3.63, 3.8) is 0 Å². The Morgan fingerprint density at radius 3 is 2.48 bits per heavy atom. The fourth-order valence-electron chi connectivity index (χ4n) is 3.57. The van der Waals surface area contributed by atoms with E-state index in [1.165, 1.54) is 0 Å². The number of imidazole rings is 1. The molecule has 1 fully saturated rings. The van der Waals surface area contributed by atoms with E-state index in [0.717, 1.165) is 48.4 Å². The minimum atomic E-state index is 0.128. The van der Waals surface area contributed by atoms with Crippen LogP contribution < -0.4 is 0 Å². The van der Waals surface area contributed by atoms with E-state index < -0.39 is 0 Å². The van der Waals surface area contributed by atoms with Crippen molar-refractivity contribution in [1.29, 1.82) is 0 Å². The fraction of sp³-hybridized carbons (Fsp3) is 0.571. The van der Waals surface area contributed by atoms with Gasteiger partial charge in [-0.05, 0) is 30.0 Å². The lowest BCUT2D eigenvalue weighted by molar-refractivity contribution is -0.133. The van der Waals surface area contributed by atoms with Crippen LogP contribution >= 0.6 is 0 Å². The van der Waals surface area contributed by atoms with Crippen molar-refractivity contribution in [2.75, 3.05) is 26.2 Å². The third-order valence-corrected chi connectivity index (χ3v) is 5.07. The Labute approximate surface area is 160 Å². The van der Waals surface area contributed by atoms with Gasteiger partial charge in [0.25, 0.3) is 0 Å². The first-order valence-electron chi connectivity index (χ1n) is 9.99. The molecule has 1 aliphatic rings. The lowest BCUT2D eigenvalue weighted by atomic mass is 10.1. The van der Waals surface area contributed by atoms with Crippen molar-refractivity contribution in [2.45, 2.75) is 46.5 Å². The van der Waals surface area contributed by atoms with Crippen LogP contribution in [0.1, 0.15) is 45.0 Å². The van der Waals surface area contributed by atoms with Crippen molar-refractivity contribution in [2.24, 2.45) is 5.92 Å². The molecule has 0 radical (unpaired) electrons. The number of carbonyl (C=O) groups excluding carboxylic acids is 2. The number of aryl methyl sites for hydroxylation is 1. The first-order valence-corrected chi connectivity index (χ1v) is 9.99. The van der Waals surface area contributed by atoms with Gasteiger partial charge in [-0.2, -0.15) is 0 Å². The normalized spacial score (nSPS) is 15.4. The molecule has 0 bridgehead atoms. The molecular formula is C21H30N4O2. The highest BCUT2D eigenvalue weighted by Gasteiger charge is 2.22. The summed E-state index contributed by atoms with van der Waals surface area (Å²) in [6.07, 6.45) is 2.67. The molecular weight excluding hydrogens is 340 g/mol. The van der Waals surface area contributed by atoms with Crippen molar-refractivity contribution in [3.8, 4) is 0 Å². The number of aromatic amines is 1. The van der Waals surface area contributed by atoms with Gasteiger partial charge in [0, 0.05) is 39.0 Å². The molecule has 0 unspecified atom stereocenters. The third-order valence-electron chi connectivity index (χ3n) is 5.07. The number of aromatic nitrogens is 2. The molecule has 6 heteroatoms. The van der Waals surface area contributed by atoms with Crippen LogP contribution in [0.4, 0.5) is 0 Å². The summed E-state index contributed by atoms with van der Waals surface area (Å²) in [5.74, 6) is 1.66. The zero-order valence-electron chi connectivity index (χ0n) is 16.6. The molecule has 2 heterocycles. The van der Waals surface area contributed by atoms with E-state index in [1.807, 2.05) is 28.0 Å². The Kier molecular flexibility index (Phi) is 6.14. The van der Waals surface area contributed by atoms with E-state index in [-0.39, 0.29) is 11.8 Å². The lowest BCUT2D eigenvalue weighted by Crippen LogP contribution is -2.38. The van der Waals surface area contributed by atoms with E-state index in [4.69, 9.17) is 0 Å². The molecule has 146 valence electrons. The van der Waals surface area contributed by atoms with Crippen molar-refractivity contribution < 1.29 is 9.59 Å². The van der Waals surface area contributed by atoms with Gasteiger partial charge in [0.2, 0.25) is 11.8 Å². The molecule has 1 aliphatic heterocycles. The van der Waals surface area contributed by atoms with Crippen molar-refractivity contribution in [3.05, 3.63) is 29.6 Å². The maximum atomic E-state index is 12.8. The van der Waals surface area contributed by atoms with Crippen molar-refractivity contribution in [1.82, 2.24) is 19.8 Å². The number of benzene rings is 1. The summed E-state index contributed by atoms with van der Waals surface area (Å²) >= 11 is 0. The van der Waals surface area contributed by atoms with Gasteiger partial charge in [0.1, 0.15) is 5.82 Å². The molecule has 27 heavy (non-hydrogen) atoms. The predicted molar refractivity (Wildman–Crippen MR) is 106 cm³/mol. The maximum Gasteiger partial charge on any atom is 0.227 e. The average Bonchev–Trinajstić information content (AvgIpc) is 2.87. The SMILES string of the molecule is CCc1nc2ccc(CC(=O)N3CCCN(C(=O)CC(C)C)CC3)cc2[nH]1. The molecule has 1 saturated heterocycles. The van der Waals surface area contributed by atoms with Gasteiger partial charge in [-0.15, -0.1) is 0 Å². The van der Waals surface area contributed by atoms with Gasteiger partial charge < -0.3 is 14.8 Å². The molecule has 1 aromatic carbocycles. The second kappa shape index (κ2) is 8.55. The van der Waals surface area contributed by atoms with Crippen LogP contribution in [-0.2, 0) is 22.4 Å². The summed E-state index contributed by atoms with van der Waals surface area (Å²) in [6, 6.07) is 5.98. The number of fused-ring (bicyclic) bond motifs is 1. The molecule has 0 aliphatic carbocycles. The lowest BCUT2D eigenvalue weighted by Gasteiger charge is -2.23.